The third kappa shape index (κ3) is 8.31. The highest BCUT2D eigenvalue weighted by Gasteiger charge is 2.19. The van der Waals surface area contributed by atoms with Gasteiger partial charge in [0, 0.05) is 65.0 Å². The van der Waals surface area contributed by atoms with Crippen molar-refractivity contribution in [3.05, 3.63) is 59.7 Å². The zero-order valence-corrected chi connectivity index (χ0v) is 21.1. The molecule has 0 aromatic heterocycles. The van der Waals surface area contributed by atoms with Gasteiger partial charge in [-0.1, -0.05) is 30.3 Å². The summed E-state index contributed by atoms with van der Waals surface area (Å²) in [6, 6.07) is 16.1. The summed E-state index contributed by atoms with van der Waals surface area (Å²) in [6.07, 6.45) is 2.48. The minimum atomic E-state index is 0. The highest BCUT2D eigenvalue weighted by Crippen LogP contribution is 2.18. The van der Waals surface area contributed by atoms with Gasteiger partial charge in [0.2, 0.25) is 5.91 Å². The van der Waals surface area contributed by atoms with Gasteiger partial charge >= 0.3 is 0 Å². The van der Waals surface area contributed by atoms with Crippen LogP contribution < -0.4 is 15.4 Å². The first kappa shape index (κ1) is 25.9. The molecule has 32 heavy (non-hydrogen) atoms. The Bertz CT molecular complexity index is 891. The first-order valence-corrected chi connectivity index (χ1v) is 10.7. The maximum Gasteiger partial charge on any atom is 0.222 e. The van der Waals surface area contributed by atoms with Crippen molar-refractivity contribution in [2.24, 2.45) is 4.99 Å². The average Bonchev–Trinajstić information content (AvgIpc) is 3.19. The lowest BCUT2D eigenvalue weighted by Crippen LogP contribution is -2.30. The van der Waals surface area contributed by atoms with Crippen molar-refractivity contribution in [1.29, 1.82) is 0 Å². The molecule has 3 rings (SSSR count). The Morgan fingerprint density at radius 3 is 2.69 bits per heavy atom. The zero-order chi connectivity index (χ0) is 21.9. The largest absolute Gasteiger partial charge is 0.493 e. The van der Waals surface area contributed by atoms with E-state index in [-0.39, 0.29) is 29.9 Å². The Kier molecular flexibility index (Phi) is 11.3. The number of hydrogen-bond acceptors (Lipinski definition) is 4. The summed E-state index contributed by atoms with van der Waals surface area (Å²) in [5, 5.41) is 6.65. The third-order valence-corrected chi connectivity index (χ3v) is 5.08. The molecule has 1 amide bonds. The normalized spacial score (nSPS) is 13.6. The van der Waals surface area contributed by atoms with Gasteiger partial charge in [0.1, 0.15) is 5.75 Å². The number of methoxy groups -OCH3 is 1. The molecular formula is C24H33IN4O3. The van der Waals surface area contributed by atoms with Crippen molar-refractivity contribution in [1.82, 2.24) is 10.2 Å². The lowest BCUT2D eigenvalue weighted by molar-refractivity contribution is -0.128. The molecule has 0 saturated carbocycles. The van der Waals surface area contributed by atoms with Gasteiger partial charge < -0.3 is 25.0 Å². The minimum Gasteiger partial charge on any atom is -0.493 e. The Morgan fingerprint density at radius 1 is 1.12 bits per heavy atom. The van der Waals surface area contributed by atoms with Crippen molar-refractivity contribution in [2.45, 2.75) is 32.4 Å². The molecule has 2 aromatic rings. The number of nitrogens with zero attached hydrogens (tertiary/aromatic N) is 2. The number of carbonyl (C=O) groups is 1. The summed E-state index contributed by atoms with van der Waals surface area (Å²) in [5.41, 5.74) is 3.19. The van der Waals surface area contributed by atoms with Gasteiger partial charge in [-0.2, -0.15) is 0 Å². The molecule has 2 N–H and O–H groups in total. The Labute approximate surface area is 207 Å². The van der Waals surface area contributed by atoms with Gasteiger partial charge in [-0.05, 0) is 29.7 Å². The molecule has 7 nitrogen and oxygen atoms in total. The van der Waals surface area contributed by atoms with Crippen LogP contribution in [-0.4, -0.2) is 50.7 Å². The zero-order valence-electron chi connectivity index (χ0n) is 18.8. The molecule has 0 atom stereocenters. The fourth-order valence-electron chi connectivity index (χ4n) is 3.49. The molecule has 1 saturated heterocycles. The van der Waals surface area contributed by atoms with Crippen molar-refractivity contribution >= 4 is 41.5 Å². The second-order valence-electron chi connectivity index (χ2n) is 7.51. The van der Waals surface area contributed by atoms with Crippen LogP contribution in [0.25, 0.3) is 0 Å². The highest BCUT2D eigenvalue weighted by atomic mass is 127. The predicted molar refractivity (Wildman–Crippen MR) is 139 cm³/mol. The number of carbonyl (C=O) groups excluding carboxylic acids is 1. The van der Waals surface area contributed by atoms with Crippen LogP contribution in [-0.2, 0) is 22.6 Å². The van der Waals surface area contributed by atoms with Crippen LogP contribution in [0, 0.1) is 0 Å². The molecule has 1 heterocycles. The van der Waals surface area contributed by atoms with E-state index in [4.69, 9.17) is 9.47 Å². The van der Waals surface area contributed by atoms with Crippen LogP contribution in [0.2, 0.25) is 0 Å². The average molecular weight is 552 g/mol. The summed E-state index contributed by atoms with van der Waals surface area (Å²) in [5.74, 6) is 1.73. The Balaban J connectivity index is 0.00000363. The smallest absolute Gasteiger partial charge is 0.222 e. The Hall–Kier alpha value is -2.33. The van der Waals surface area contributed by atoms with Gasteiger partial charge in [-0.3, -0.25) is 9.79 Å². The lowest BCUT2D eigenvalue weighted by atomic mass is 10.1. The number of guanidine groups is 1. The van der Waals surface area contributed by atoms with Crippen LogP contribution in [0.1, 0.15) is 30.4 Å². The van der Waals surface area contributed by atoms with Crippen LogP contribution in [0.4, 0.5) is 5.69 Å². The molecule has 0 unspecified atom stereocenters. The van der Waals surface area contributed by atoms with Gasteiger partial charge in [0.15, 0.2) is 5.96 Å². The molecule has 8 heteroatoms. The predicted octanol–water partition coefficient (Wildman–Crippen LogP) is 4.03. The number of rotatable bonds is 10. The molecular weight excluding hydrogens is 519 g/mol. The highest BCUT2D eigenvalue weighted by molar-refractivity contribution is 14.0. The first-order valence-electron chi connectivity index (χ1n) is 10.7. The van der Waals surface area contributed by atoms with E-state index in [1.165, 1.54) is 0 Å². The molecule has 1 fully saturated rings. The fourth-order valence-corrected chi connectivity index (χ4v) is 3.49. The summed E-state index contributed by atoms with van der Waals surface area (Å²) < 4.78 is 10.8. The van der Waals surface area contributed by atoms with Gasteiger partial charge in [0.25, 0.3) is 0 Å². The van der Waals surface area contributed by atoms with E-state index in [1.807, 2.05) is 35.2 Å². The van der Waals surface area contributed by atoms with Crippen molar-refractivity contribution in [3.63, 3.8) is 0 Å². The van der Waals surface area contributed by atoms with E-state index >= 15 is 0 Å². The third-order valence-electron chi connectivity index (χ3n) is 5.08. The molecule has 1 aliphatic heterocycles. The van der Waals surface area contributed by atoms with Gasteiger partial charge in [0.05, 0.1) is 6.61 Å². The summed E-state index contributed by atoms with van der Waals surface area (Å²) in [6.45, 7) is 3.46. The lowest BCUT2D eigenvalue weighted by Gasteiger charge is -2.17. The maximum atomic E-state index is 11.9. The van der Waals surface area contributed by atoms with E-state index in [1.54, 1.807) is 14.2 Å². The van der Waals surface area contributed by atoms with E-state index in [0.29, 0.717) is 38.7 Å². The molecule has 1 aliphatic rings. The second-order valence-corrected chi connectivity index (χ2v) is 7.51. The maximum absolute atomic E-state index is 11.9. The number of anilines is 1. The minimum absolute atomic E-state index is 0. The van der Waals surface area contributed by atoms with Crippen LogP contribution in [0.3, 0.4) is 0 Å². The number of likely N-dealkylation sites (tertiary alicyclic amines) is 1. The number of benzene rings is 2. The van der Waals surface area contributed by atoms with E-state index < -0.39 is 0 Å². The molecule has 0 aliphatic carbocycles. The molecule has 0 radical (unpaired) electrons. The van der Waals surface area contributed by atoms with Crippen LogP contribution in [0.5, 0.6) is 5.75 Å². The van der Waals surface area contributed by atoms with E-state index in [2.05, 4.69) is 33.8 Å². The number of nitrogens with one attached hydrogen (secondary N) is 2. The quantitative estimate of drug-likeness (QED) is 0.202. The van der Waals surface area contributed by atoms with Crippen LogP contribution in [0.15, 0.2) is 53.5 Å². The monoisotopic (exact) mass is 552 g/mol. The standard InChI is InChI=1S/C24H32N4O3.HI/c1-25-24(27-21-9-4-10-22(16-21)31-14-6-13-30-2)26-17-19-7-3-8-20(15-19)18-28-12-5-11-23(28)29;/h3-4,7-10,15-16H,5-6,11-14,17-18H2,1-2H3,(H2,25,26,27);1H. The topological polar surface area (TPSA) is 75.2 Å². The second kappa shape index (κ2) is 13.9. The van der Waals surface area contributed by atoms with E-state index in [0.717, 1.165) is 42.0 Å². The summed E-state index contributed by atoms with van der Waals surface area (Å²) in [4.78, 5) is 18.1. The molecule has 0 bridgehead atoms. The number of aliphatic imine (C=N–C) groups is 1. The molecule has 2 aromatic carbocycles. The number of hydrogen-bond donors (Lipinski definition) is 2. The number of amides is 1. The fraction of sp³-hybridized carbons (Fsp3) is 0.417. The van der Waals surface area contributed by atoms with Crippen molar-refractivity contribution < 1.29 is 14.3 Å². The number of ether oxygens (including phenoxy) is 2. The molecule has 0 spiro atoms. The van der Waals surface area contributed by atoms with Crippen molar-refractivity contribution in [3.8, 4) is 5.75 Å². The number of halogens is 1. The summed E-state index contributed by atoms with van der Waals surface area (Å²) >= 11 is 0. The van der Waals surface area contributed by atoms with Crippen LogP contribution >= 0.6 is 24.0 Å². The Morgan fingerprint density at radius 2 is 1.94 bits per heavy atom. The van der Waals surface area contributed by atoms with Gasteiger partial charge in [-0.15, -0.1) is 24.0 Å². The van der Waals surface area contributed by atoms with Gasteiger partial charge in [-0.25, -0.2) is 0 Å². The van der Waals surface area contributed by atoms with Crippen molar-refractivity contribution in [2.75, 3.05) is 39.2 Å². The first-order chi connectivity index (χ1) is 15.2. The molecule has 174 valence electrons. The SMILES string of the molecule is CN=C(NCc1cccc(CN2CCCC2=O)c1)Nc1cccc(OCCCOC)c1.I. The summed E-state index contributed by atoms with van der Waals surface area (Å²) in [7, 11) is 3.43. The van der Waals surface area contributed by atoms with E-state index in [9.17, 15) is 4.79 Å².